The van der Waals surface area contributed by atoms with Gasteiger partial charge in [0.15, 0.2) is 6.10 Å². The van der Waals surface area contributed by atoms with Crippen molar-refractivity contribution < 1.29 is 14.3 Å². The molecule has 0 heterocycles. The molecule has 22 heavy (non-hydrogen) atoms. The molecule has 1 aromatic rings. The molecule has 0 spiro atoms. The van der Waals surface area contributed by atoms with Crippen molar-refractivity contribution in [3.05, 3.63) is 34.9 Å². The van der Waals surface area contributed by atoms with E-state index in [4.69, 9.17) is 21.6 Å². The van der Waals surface area contributed by atoms with Gasteiger partial charge in [0.05, 0.1) is 0 Å². The second-order valence-electron chi connectivity index (χ2n) is 5.37. The van der Waals surface area contributed by atoms with E-state index in [0.717, 1.165) is 0 Å². The Hall–Kier alpha value is -2.06. The second-order valence-corrected chi connectivity index (χ2v) is 5.81. The predicted octanol–water partition coefficient (Wildman–Crippen LogP) is 2.94. The maximum absolute atomic E-state index is 12.2. The van der Waals surface area contributed by atoms with E-state index in [2.05, 4.69) is 5.32 Å². The summed E-state index contributed by atoms with van der Waals surface area (Å²) in [5.74, 6) is -0.811. The molecule has 0 bridgehead atoms. The molecule has 0 saturated heterocycles. The molecule has 6 heteroatoms. The zero-order chi connectivity index (χ0) is 16.7. The molecule has 0 unspecified atom stereocenters. The fraction of sp³-hybridized carbons (Fsp3) is 0.438. The molecule has 1 aromatic carbocycles. The van der Waals surface area contributed by atoms with Gasteiger partial charge in [-0.15, -0.1) is 0 Å². The number of nitriles is 1. The largest absolute Gasteiger partial charge is 0.446 e. The highest BCUT2D eigenvalue weighted by atomic mass is 35.5. The van der Waals surface area contributed by atoms with E-state index in [1.165, 1.54) is 6.92 Å². The Kier molecular flexibility index (Phi) is 6.87. The van der Waals surface area contributed by atoms with Gasteiger partial charge in [0.1, 0.15) is 12.1 Å². The van der Waals surface area contributed by atoms with Crippen LogP contribution in [-0.4, -0.2) is 24.0 Å². The van der Waals surface area contributed by atoms with Crippen molar-refractivity contribution in [3.8, 4) is 6.07 Å². The van der Waals surface area contributed by atoms with Crippen molar-refractivity contribution in [3.63, 3.8) is 0 Å². The predicted molar refractivity (Wildman–Crippen MR) is 83.3 cm³/mol. The molecule has 0 fully saturated rings. The number of carbonyl (C=O) groups is 2. The number of carbonyl (C=O) groups excluding carboxylic acids is 2. The SMILES string of the molecule is CC(C)C[C@@H](NC(=O)c1ccc(Cl)cc1)C(=O)O[C@H](C)C#N. The van der Waals surface area contributed by atoms with E-state index < -0.39 is 18.1 Å². The lowest BCUT2D eigenvalue weighted by molar-refractivity contribution is -0.148. The lowest BCUT2D eigenvalue weighted by Gasteiger charge is -2.20. The molecule has 1 rings (SSSR count). The Balaban J connectivity index is 2.80. The quantitative estimate of drug-likeness (QED) is 0.817. The van der Waals surface area contributed by atoms with Gasteiger partial charge in [-0.25, -0.2) is 4.79 Å². The molecule has 5 nitrogen and oxygen atoms in total. The summed E-state index contributed by atoms with van der Waals surface area (Å²) >= 11 is 5.78. The van der Waals surface area contributed by atoms with Gasteiger partial charge >= 0.3 is 5.97 Å². The van der Waals surface area contributed by atoms with Crippen LogP contribution in [0, 0.1) is 17.2 Å². The maximum atomic E-state index is 12.2. The summed E-state index contributed by atoms with van der Waals surface area (Å²) in [6.45, 7) is 5.34. The Morgan fingerprint density at radius 2 is 1.86 bits per heavy atom. The Labute approximate surface area is 135 Å². The smallest absolute Gasteiger partial charge is 0.329 e. The summed E-state index contributed by atoms with van der Waals surface area (Å²) in [5.41, 5.74) is 0.402. The normalized spacial score (nSPS) is 13.1. The molecule has 0 saturated carbocycles. The molecule has 0 aliphatic carbocycles. The summed E-state index contributed by atoms with van der Waals surface area (Å²) < 4.78 is 4.98. The molecular formula is C16H19ClN2O3. The van der Waals surface area contributed by atoms with E-state index in [1.54, 1.807) is 24.3 Å². The fourth-order valence-electron chi connectivity index (χ4n) is 1.81. The van der Waals surface area contributed by atoms with Gasteiger partial charge < -0.3 is 10.1 Å². The minimum Gasteiger partial charge on any atom is -0.446 e. The molecule has 1 N–H and O–H groups in total. The van der Waals surface area contributed by atoms with Crippen molar-refractivity contribution in [1.82, 2.24) is 5.32 Å². The molecule has 2 atom stereocenters. The summed E-state index contributed by atoms with van der Waals surface area (Å²) in [6, 6.07) is 7.39. The minimum absolute atomic E-state index is 0.181. The number of amides is 1. The maximum Gasteiger partial charge on any atom is 0.329 e. The van der Waals surface area contributed by atoms with E-state index in [9.17, 15) is 9.59 Å². The van der Waals surface area contributed by atoms with Crippen molar-refractivity contribution in [1.29, 1.82) is 5.26 Å². The Morgan fingerprint density at radius 1 is 1.27 bits per heavy atom. The van der Waals surface area contributed by atoms with Gasteiger partial charge in [0.25, 0.3) is 5.91 Å². The monoisotopic (exact) mass is 322 g/mol. The fourth-order valence-corrected chi connectivity index (χ4v) is 1.94. The van der Waals surface area contributed by atoms with Crippen LogP contribution in [0.5, 0.6) is 0 Å². The summed E-state index contributed by atoms with van der Waals surface area (Å²) in [5, 5.41) is 11.9. The third kappa shape index (κ3) is 5.74. The van der Waals surface area contributed by atoms with Crippen LogP contribution in [0.15, 0.2) is 24.3 Å². The van der Waals surface area contributed by atoms with Crippen LogP contribution in [0.3, 0.4) is 0 Å². The summed E-state index contributed by atoms with van der Waals surface area (Å²) in [4.78, 5) is 24.2. The highest BCUT2D eigenvalue weighted by Crippen LogP contribution is 2.12. The number of nitrogens with zero attached hydrogens (tertiary/aromatic N) is 1. The average Bonchev–Trinajstić information content (AvgIpc) is 2.46. The number of nitrogens with one attached hydrogen (secondary N) is 1. The third-order valence-electron chi connectivity index (χ3n) is 2.88. The number of hydrogen-bond donors (Lipinski definition) is 1. The molecular weight excluding hydrogens is 304 g/mol. The number of benzene rings is 1. The minimum atomic E-state index is -0.852. The highest BCUT2D eigenvalue weighted by molar-refractivity contribution is 6.30. The number of halogens is 1. The molecule has 118 valence electrons. The lowest BCUT2D eigenvalue weighted by Crippen LogP contribution is -2.43. The first-order valence-electron chi connectivity index (χ1n) is 7.00. The van der Waals surface area contributed by atoms with Crippen molar-refractivity contribution in [2.75, 3.05) is 0 Å². The van der Waals surface area contributed by atoms with Gasteiger partial charge in [-0.3, -0.25) is 4.79 Å². The van der Waals surface area contributed by atoms with Crippen LogP contribution in [0.25, 0.3) is 0 Å². The first kappa shape index (κ1) is 18.0. The molecule has 1 amide bonds. The average molecular weight is 323 g/mol. The lowest BCUT2D eigenvalue weighted by atomic mass is 10.0. The first-order valence-corrected chi connectivity index (χ1v) is 7.37. The van der Waals surface area contributed by atoms with Gasteiger partial charge in [-0.05, 0) is 43.5 Å². The summed E-state index contributed by atoms with van der Waals surface area (Å²) in [7, 11) is 0. The van der Waals surface area contributed by atoms with Crippen LogP contribution in [-0.2, 0) is 9.53 Å². The molecule has 0 aliphatic heterocycles. The Bertz CT molecular complexity index is 564. The van der Waals surface area contributed by atoms with Gasteiger partial charge in [0, 0.05) is 10.6 Å². The number of hydrogen-bond acceptors (Lipinski definition) is 4. The van der Waals surface area contributed by atoms with E-state index in [-0.39, 0.29) is 11.8 Å². The van der Waals surface area contributed by atoms with Crippen LogP contribution in [0.4, 0.5) is 0 Å². The van der Waals surface area contributed by atoms with Crippen molar-refractivity contribution in [2.45, 2.75) is 39.3 Å². The summed E-state index contributed by atoms with van der Waals surface area (Å²) in [6.07, 6.45) is -0.425. The molecule has 0 radical (unpaired) electrons. The topological polar surface area (TPSA) is 79.2 Å². The Morgan fingerprint density at radius 3 is 2.36 bits per heavy atom. The van der Waals surface area contributed by atoms with E-state index in [0.29, 0.717) is 17.0 Å². The van der Waals surface area contributed by atoms with Gasteiger partial charge in [0.2, 0.25) is 0 Å². The first-order chi connectivity index (χ1) is 10.3. The second kappa shape index (κ2) is 8.40. The standard InChI is InChI=1S/C16H19ClN2O3/c1-10(2)8-14(16(21)22-11(3)9-18)19-15(20)12-4-6-13(17)7-5-12/h4-7,10-11,14H,8H2,1-3H3,(H,19,20)/t11-,14-/m1/s1. The number of rotatable bonds is 6. The number of ether oxygens (including phenoxy) is 1. The van der Waals surface area contributed by atoms with Gasteiger partial charge in [-0.2, -0.15) is 5.26 Å². The van der Waals surface area contributed by atoms with Crippen LogP contribution in [0.2, 0.25) is 5.02 Å². The van der Waals surface area contributed by atoms with Crippen LogP contribution in [0.1, 0.15) is 37.6 Å². The van der Waals surface area contributed by atoms with Crippen LogP contribution >= 0.6 is 11.6 Å². The zero-order valence-electron chi connectivity index (χ0n) is 12.8. The van der Waals surface area contributed by atoms with E-state index >= 15 is 0 Å². The highest BCUT2D eigenvalue weighted by Gasteiger charge is 2.25. The third-order valence-corrected chi connectivity index (χ3v) is 3.13. The number of esters is 1. The van der Waals surface area contributed by atoms with Crippen LogP contribution < -0.4 is 5.32 Å². The van der Waals surface area contributed by atoms with Crippen molar-refractivity contribution in [2.24, 2.45) is 5.92 Å². The zero-order valence-corrected chi connectivity index (χ0v) is 13.6. The van der Waals surface area contributed by atoms with E-state index in [1.807, 2.05) is 19.9 Å². The molecule has 0 aromatic heterocycles. The molecule has 0 aliphatic rings. The van der Waals surface area contributed by atoms with Crippen molar-refractivity contribution >= 4 is 23.5 Å². The van der Waals surface area contributed by atoms with Gasteiger partial charge in [-0.1, -0.05) is 25.4 Å².